The number of likely N-dealkylation sites (N-methyl/N-ethyl adjacent to an activating group) is 1. The predicted molar refractivity (Wildman–Crippen MR) is 96.6 cm³/mol. The van der Waals surface area contributed by atoms with Crippen LogP contribution in [0.3, 0.4) is 0 Å². The molecule has 0 aromatic rings. The minimum atomic E-state index is 0.635. The first-order chi connectivity index (χ1) is 10.6. The van der Waals surface area contributed by atoms with E-state index in [2.05, 4.69) is 53.2 Å². The van der Waals surface area contributed by atoms with Crippen molar-refractivity contribution in [3.63, 3.8) is 0 Å². The molecule has 130 valence electrons. The fraction of sp³-hybridized carbons (Fsp3) is 0.941. The Morgan fingerprint density at radius 3 is 2.73 bits per heavy atom. The molecule has 0 saturated carbocycles. The van der Waals surface area contributed by atoms with Crippen LogP contribution in [0.4, 0.5) is 0 Å². The van der Waals surface area contributed by atoms with Gasteiger partial charge in [-0.15, -0.1) is 0 Å². The van der Waals surface area contributed by atoms with Gasteiger partial charge in [-0.05, 0) is 66.2 Å². The summed E-state index contributed by atoms with van der Waals surface area (Å²) in [5, 5.41) is 6.91. The number of guanidine groups is 1. The van der Waals surface area contributed by atoms with Gasteiger partial charge in [-0.1, -0.05) is 6.92 Å². The van der Waals surface area contributed by atoms with Crippen LogP contribution < -0.4 is 10.6 Å². The SMILES string of the molecule is CCN1CCCC1CNC(=NC)NCCCCN(C)C(C)C. The molecule has 0 bridgehead atoms. The van der Waals surface area contributed by atoms with Crippen molar-refractivity contribution in [3.8, 4) is 0 Å². The zero-order valence-electron chi connectivity index (χ0n) is 15.4. The van der Waals surface area contributed by atoms with Gasteiger partial charge in [-0.3, -0.25) is 9.89 Å². The van der Waals surface area contributed by atoms with E-state index in [0.717, 1.165) is 25.6 Å². The molecular formula is C17H37N5. The third kappa shape index (κ3) is 6.97. The lowest BCUT2D eigenvalue weighted by Gasteiger charge is -2.24. The fourth-order valence-electron chi connectivity index (χ4n) is 2.93. The van der Waals surface area contributed by atoms with Gasteiger partial charge >= 0.3 is 0 Å². The van der Waals surface area contributed by atoms with E-state index >= 15 is 0 Å². The summed E-state index contributed by atoms with van der Waals surface area (Å²) in [6, 6.07) is 1.30. The predicted octanol–water partition coefficient (Wildman–Crippen LogP) is 1.76. The topological polar surface area (TPSA) is 42.9 Å². The van der Waals surface area contributed by atoms with Crippen LogP contribution in [-0.2, 0) is 0 Å². The molecule has 0 aliphatic carbocycles. The van der Waals surface area contributed by atoms with E-state index in [4.69, 9.17) is 0 Å². The third-order valence-electron chi connectivity index (χ3n) is 4.75. The first-order valence-corrected chi connectivity index (χ1v) is 8.97. The maximum absolute atomic E-state index is 4.33. The molecule has 5 nitrogen and oxygen atoms in total. The second-order valence-corrected chi connectivity index (χ2v) is 6.59. The highest BCUT2D eigenvalue weighted by molar-refractivity contribution is 5.79. The second kappa shape index (κ2) is 10.8. The maximum Gasteiger partial charge on any atom is 0.191 e. The molecule has 0 radical (unpaired) electrons. The molecule has 1 fully saturated rings. The molecule has 22 heavy (non-hydrogen) atoms. The average Bonchev–Trinajstić information content (AvgIpc) is 2.97. The number of nitrogens with zero attached hydrogens (tertiary/aromatic N) is 3. The van der Waals surface area contributed by atoms with Gasteiger partial charge in [0.05, 0.1) is 0 Å². The monoisotopic (exact) mass is 311 g/mol. The van der Waals surface area contributed by atoms with Crippen LogP contribution in [0, 0.1) is 0 Å². The number of hydrogen-bond donors (Lipinski definition) is 2. The van der Waals surface area contributed by atoms with Crippen LogP contribution in [0.15, 0.2) is 4.99 Å². The maximum atomic E-state index is 4.33. The van der Waals surface area contributed by atoms with Crippen molar-refractivity contribution < 1.29 is 0 Å². The largest absolute Gasteiger partial charge is 0.356 e. The highest BCUT2D eigenvalue weighted by atomic mass is 15.2. The zero-order chi connectivity index (χ0) is 16.4. The van der Waals surface area contributed by atoms with Gasteiger partial charge < -0.3 is 15.5 Å². The molecule has 1 rings (SSSR count). The number of hydrogen-bond acceptors (Lipinski definition) is 3. The highest BCUT2D eigenvalue weighted by Crippen LogP contribution is 2.15. The van der Waals surface area contributed by atoms with E-state index in [9.17, 15) is 0 Å². The summed E-state index contributed by atoms with van der Waals surface area (Å²) in [6.07, 6.45) is 5.04. The van der Waals surface area contributed by atoms with Crippen LogP contribution >= 0.6 is 0 Å². The Bertz CT molecular complexity index is 316. The Hall–Kier alpha value is -0.810. The Kier molecular flexibility index (Phi) is 9.48. The summed E-state index contributed by atoms with van der Waals surface area (Å²) in [5.41, 5.74) is 0. The van der Waals surface area contributed by atoms with Crippen molar-refractivity contribution in [2.24, 2.45) is 4.99 Å². The number of aliphatic imine (C=N–C) groups is 1. The number of likely N-dealkylation sites (tertiary alicyclic amines) is 1. The van der Waals surface area contributed by atoms with E-state index in [1.807, 2.05) is 7.05 Å². The van der Waals surface area contributed by atoms with E-state index in [1.165, 1.54) is 38.8 Å². The summed E-state index contributed by atoms with van der Waals surface area (Å²) in [7, 11) is 4.05. The lowest BCUT2D eigenvalue weighted by Crippen LogP contribution is -2.45. The Morgan fingerprint density at radius 2 is 2.09 bits per heavy atom. The minimum absolute atomic E-state index is 0.635. The molecule has 0 aromatic heterocycles. The van der Waals surface area contributed by atoms with Crippen LogP contribution in [0.1, 0.15) is 46.5 Å². The standard InChI is InChI=1S/C17H37N5/c1-6-22-13-9-10-16(22)14-20-17(18-4)19-11-7-8-12-21(5)15(2)3/h15-16H,6-14H2,1-5H3,(H2,18,19,20). The molecule has 5 heteroatoms. The van der Waals surface area contributed by atoms with Gasteiger partial charge in [-0.2, -0.15) is 0 Å². The summed E-state index contributed by atoms with van der Waals surface area (Å²) in [6.45, 7) is 12.3. The van der Waals surface area contributed by atoms with Crippen molar-refractivity contribution in [2.75, 3.05) is 46.8 Å². The molecule has 1 heterocycles. The smallest absolute Gasteiger partial charge is 0.191 e. The number of nitrogens with one attached hydrogen (secondary N) is 2. The first-order valence-electron chi connectivity index (χ1n) is 8.97. The molecule has 2 N–H and O–H groups in total. The van der Waals surface area contributed by atoms with Crippen LogP contribution in [0.5, 0.6) is 0 Å². The zero-order valence-corrected chi connectivity index (χ0v) is 15.4. The molecule has 1 aliphatic rings. The summed E-state index contributed by atoms with van der Waals surface area (Å²) < 4.78 is 0. The third-order valence-corrected chi connectivity index (χ3v) is 4.75. The van der Waals surface area contributed by atoms with Crippen molar-refractivity contribution in [2.45, 2.75) is 58.5 Å². The van der Waals surface area contributed by atoms with Gasteiger partial charge in [0.2, 0.25) is 0 Å². The van der Waals surface area contributed by atoms with Crippen molar-refractivity contribution in [1.29, 1.82) is 0 Å². The van der Waals surface area contributed by atoms with Gasteiger partial charge in [0.1, 0.15) is 0 Å². The molecule has 1 unspecified atom stereocenters. The fourth-order valence-corrected chi connectivity index (χ4v) is 2.93. The van der Waals surface area contributed by atoms with E-state index < -0.39 is 0 Å². The van der Waals surface area contributed by atoms with Gasteiger partial charge in [0.15, 0.2) is 5.96 Å². The van der Waals surface area contributed by atoms with Crippen LogP contribution in [0.2, 0.25) is 0 Å². The molecule has 0 amide bonds. The van der Waals surface area contributed by atoms with E-state index in [1.54, 1.807) is 0 Å². The first kappa shape index (κ1) is 19.2. The molecule has 0 aromatic carbocycles. The van der Waals surface area contributed by atoms with Crippen molar-refractivity contribution in [1.82, 2.24) is 20.4 Å². The van der Waals surface area contributed by atoms with E-state index in [-0.39, 0.29) is 0 Å². The van der Waals surface area contributed by atoms with Crippen LogP contribution in [0.25, 0.3) is 0 Å². The molecule has 0 spiro atoms. The van der Waals surface area contributed by atoms with Crippen LogP contribution in [-0.4, -0.2) is 74.7 Å². The summed E-state index contributed by atoms with van der Waals surface area (Å²) >= 11 is 0. The highest BCUT2D eigenvalue weighted by Gasteiger charge is 2.22. The van der Waals surface area contributed by atoms with Gasteiger partial charge in [0, 0.05) is 32.2 Å². The Labute approximate surface area is 137 Å². The Balaban J connectivity index is 2.12. The molecular weight excluding hydrogens is 274 g/mol. The number of rotatable bonds is 9. The van der Waals surface area contributed by atoms with Crippen molar-refractivity contribution in [3.05, 3.63) is 0 Å². The Morgan fingerprint density at radius 1 is 1.32 bits per heavy atom. The van der Waals surface area contributed by atoms with Crippen molar-refractivity contribution >= 4 is 5.96 Å². The summed E-state index contributed by atoms with van der Waals surface area (Å²) in [5.74, 6) is 0.945. The minimum Gasteiger partial charge on any atom is -0.356 e. The lowest BCUT2D eigenvalue weighted by atomic mass is 10.2. The van der Waals surface area contributed by atoms with Gasteiger partial charge in [-0.25, -0.2) is 0 Å². The molecule has 1 saturated heterocycles. The summed E-state index contributed by atoms with van der Waals surface area (Å²) in [4.78, 5) is 9.28. The lowest BCUT2D eigenvalue weighted by molar-refractivity contribution is 0.266. The van der Waals surface area contributed by atoms with Gasteiger partial charge in [0.25, 0.3) is 0 Å². The number of unbranched alkanes of at least 4 members (excludes halogenated alkanes) is 1. The average molecular weight is 312 g/mol. The quantitative estimate of drug-likeness (QED) is 0.387. The van der Waals surface area contributed by atoms with E-state index in [0.29, 0.717) is 12.1 Å². The second-order valence-electron chi connectivity index (χ2n) is 6.59. The normalized spacial score (nSPS) is 20.1. The molecule has 1 aliphatic heterocycles. The molecule has 1 atom stereocenters.